The molecule has 7 nitrogen and oxygen atoms in total. The fraction of sp³-hybridized carbons (Fsp3) is 0.333. The van der Waals surface area contributed by atoms with Crippen LogP contribution in [0.3, 0.4) is 0 Å². The second-order valence-corrected chi connectivity index (χ2v) is 8.68. The fourth-order valence-corrected chi connectivity index (χ4v) is 4.13. The number of aromatic amines is 1. The molecular weight excluding hydrogens is 352 g/mol. The van der Waals surface area contributed by atoms with Crippen LogP contribution < -0.4 is 9.46 Å². The minimum atomic E-state index is -3.35. The lowest BCUT2D eigenvalue weighted by Crippen LogP contribution is -2.18. The number of nitrogens with zero attached hydrogens (tertiary/aromatic N) is 2. The maximum atomic E-state index is 12.1. The predicted octanol–water partition coefficient (Wildman–Crippen LogP) is 3.32. The highest BCUT2D eigenvalue weighted by Crippen LogP contribution is 2.32. The minimum Gasteiger partial charge on any atom is -0.491 e. The number of sulfonamides is 1. The van der Waals surface area contributed by atoms with Crippen molar-refractivity contribution >= 4 is 26.7 Å². The van der Waals surface area contributed by atoms with Crippen molar-refractivity contribution in [1.29, 1.82) is 0 Å². The van der Waals surface area contributed by atoms with Crippen LogP contribution in [0.25, 0.3) is 22.2 Å². The van der Waals surface area contributed by atoms with Crippen LogP contribution in [0.1, 0.15) is 26.7 Å². The second-order valence-electron chi connectivity index (χ2n) is 6.72. The Kier molecular flexibility index (Phi) is 4.07. The molecule has 8 heteroatoms. The number of pyridine rings is 1. The Morgan fingerprint density at radius 2 is 2.04 bits per heavy atom. The van der Waals surface area contributed by atoms with Gasteiger partial charge in [-0.05, 0) is 57.0 Å². The zero-order valence-electron chi connectivity index (χ0n) is 14.6. The number of nitrogens with one attached hydrogen (secondary N) is 2. The molecule has 0 spiro atoms. The van der Waals surface area contributed by atoms with E-state index < -0.39 is 10.0 Å². The fourth-order valence-electron chi connectivity index (χ4n) is 2.80. The molecular formula is C18H20N4O3S. The molecule has 0 saturated heterocycles. The average Bonchev–Trinajstić information content (AvgIpc) is 3.36. The Morgan fingerprint density at radius 1 is 1.23 bits per heavy atom. The molecule has 1 aromatic carbocycles. The molecule has 2 N–H and O–H groups in total. The summed E-state index contributed by atoms with van der Waals surface area (Å²) in [5, 5.41) is 8.00. The smallest absolute Gasteiger partial charge is 0.236 e. The second kappa shape index (κ2) is 6.28. The summed E-state index contributed by atoms with van der Waals surface area (Å²) < 4.78 is 32.6. The van der Waals surface area contributed by atoms with Gasteiger partial charge >= 0.3 is 0 Å². The Morgan fingerprint density at radius 3 is 2.77 bits per heavy atom. The first-order valence-corrected chi connectivity index (χ1v) is 10.1. The van der Waals surface area contributed by atoms with Crippen LogP contribution in [0, 0.1) is 0 Å². The lowest BCUT2D eigenvalue weighted by atomic mass is 10.1. The summed E-state index contributed by atoms with van der Waals surface area (Å²) in [6, 6.07) is 9.25. The number of hydrogen-bond acceptors (Lipinski definition) is 5. The van der Waals surface area contributed by atoms with Crippen LogP contribution in [0.4, 0.5) is 5.82 Å². The van der Waals surface area contributed by atoms with Gasteiger partial charge in [0.1, 0.15) is 17.3 Å². The van der Waals surface area contributed by atoms with E-state index in [1.807, 2.05) is 32.0 Å². The summed E-state index contributed by atoms with van der Waals surface area (Å²) in [6.45, 7) is 3.95. The SMILES string of the molecule is CC(C)Oc1ccc2[nH]nc(-c3ccnc(NS(=O)(=O)C4CC4)c3)c2c1. The molecule has 0 aliphatic heterocycles. The number of anilines is 1. The number of ether oxygens (including phenoxy) is 1. The Labute approximate surface area is 151 Å². The summed E-state index contributed by atoms with van der Waals surface area (Å²) in [4.78, 5) is 4.13. The molecule has 136 valence electrons. The molecule has 0 amide bonds. The van der Waals surface area contributed by atoms with Crippen molar-refractivity contribution < 1.29 is 13.2 Å². The molecule has 1 aliphatic carbocycles. The third-order valence-electron chi connectivity index (χ3n) is 4.15. The number of aromatic nitrogens is 3. The van der Waals surface area contributed by atoms with E-state index in [1.54, 1.807) is 18.3 Å². The zero-order chi connectivity index (χ0) is 18.3. The first-order valence-electron chi connectivity index (χ1n) is 8.55. The summed E-state index contributed by atoms with van der Waals surface area (Å²) in [7, 11) is -3.35. The summed E-state index contributed by atoms with van der Waals surface area (Å²) in [6.07, 6.45) is 3.07. The summed E-state index contributed by atoms with van der Waals surface area (Å²) in [5.74, 6) is 1.07. The van der Waals surface area contributed by atoms with Gasteiger partial charge in [0, 0.05) is 17.1 Å². The molecule has 3 aromatic rings. The van der Waals surface area contributed by atoms with Crippen LogP contribution >= 0.6 is 0 Å². The van der Waals surface area contributed by atoms with Crippen LogP contribution in [-0.4, -0.2) is 35.0 Å². The van der Waals surface area contributed by atoms with Gasteiger partial charge in [0.15, 0.2) is 0 Å². The standard InChI is InChI=1S/C18H20N4O3S/c1-11(2)25-13-3-6-16-15(10-13)18(21-20-16)12-7-8-19-17(9-12)22-26(23,24)14-4-5-14/h3,6-11,14H,4-5H2,1-2H3,(H,19,22)(H,20,21). The van der Waals surface area contributed by atoms with Gasteiger partial charge in [-0.15, -0.1) is 0 Å². The van der Waals surface area contributed by atoms with Gasteiger partial charge in [0.05, 0.1) is 16.9 Å². The Bertz CT molecular complexity index is 1060. The normalized spacial score (nSPS) is 14.7. The maximum absolute atomic E-state index is 12.1. The van der Waals surface area contributed by atoms with E-state index in [0.717, 1.165) is 27.9 Å². The first-order chi connectivity index (χ1) is 12.4. The van der Waals surface area contributed by atoms with Gasteiger partial charge < -0.3 is 4.74 Å². The van der Waals surface area contributed by atoms with Crippen molar-refractivity contribution in [2.75, 3.05) is 4.72 Å². The topological polar surface area (TPSA) is 97.0 Å². The van der Waals surface area contributed by atoms with Crippen LogP contribution in [0.5, 0.6) is 5.75 Å². The van der Waals surface area contributed by atoms with Crippen molar-refractivity contribution in [3.63, 3.8) is 0 Å². The molecule has 2 heterocycles. The van der Waals surface area contributed by atoms with Gasteiger partial charge in [-0.2, -0.15) is 5.10 Å². The van der Waals surface area contributed by atoms with Gasteiger partial charge in [-0.3, -0.25) is 9.82 Å². The molecule has 26 heavy (non-hydrogen) atoms. The molecule has 1 aliphatic rings. The van der Waals surface area contributed by atoms with Crippen molar-refractivity contribution in [2.45, 2.75) is 38.0 Å². The highest BCUT2D eigenvalue weighted by molar-refractivity contribution is 7.93. The number of rotatable bonds is 6. The van der Waals surface area contributed by atoms with Gasteiger partial charge in [-0.1, -0.05) is 0 Å². The number of fused-ring (bicyclic) bond motifs is 1. The van der Waals surface area contributed by atoms with E-state index in [-0.39, 0.29) is 11.4 Å². The van der Waals surface area contributed by atoms with Crippen molar-refractivity contribution in [3.8, 4) is 17.0 Å². The number of benzene rings is 1. The lowest BCUT2D eigenvalue weighted by molar-refractivity contribution is 0.243. The molecule has 4 rings (SSSR count). The molecule has 0 radical (unpaired) electrons. The third kappa shape index (κ3) is 3.37. The van der Waals surface area contributed by atoms with Gasteiger partial charge in [0.2, 0.25) is 10.0 Å². The number of H-pyrrole nitrogens is 1. The first kappa shape index (κ1) is 16.8. The van der Waals surface area contributed by atoms with Crippen molar-refractivity contribution in [1.82, 2.24) is 15.2 Å². The molecule has 1 saturated carbocycles. The van der Waals surface area contributed by atoms with Gasteiger partial charge in [-0.25, -0.2) is 13.4 Å². The predicted molar refractivity (Wildman–Crippen MR) is 101 cm³/mol. The quantitative estimate of drug-likeness (QED) is 0.692. The van der Waals surface area contributed by atoms with E-state index in [1.165, 1.54) is 0 Å². The molecule has 2 aromatic heterocycles. The van der Waals surface area contributed by atoms with E-state index in [9.17, 15) is 8.42 Å². The molecule has 0 bridgehead atoms. The summed E-state index contributed by atoms with van der Waals surface area (Å²) >= 11 is 0. The van der Waals surface area contributed by atoms with E-state index >= 15 is 0 Å². The maximum Gasteiger partial charge on any atom is 0.236 e. The Balaban J connectivity index is 1.69. The number of hydrogen-bond donors (Lipinski definition) is 2. The van der Waals surface area contributed by atoms with Crippen LogP contribution in [0.15, 0.2) is 36.5 Å². The monoisotopic (exact) mass is 372 g/mol. The largest absolute Gasteiger partial charge is 0.491 e. The van der Waals surface area contributed by atoms with E-state index in [4.69, 9.17) is 4.74 Å². The molecule has 0 atom stereocenters. The van der Waals surface area contributed by atoms with Crippen LogP contribution in [0.2, 0.25) is 0 Å². The Hall–Kier alpha value is -2.61. The van der Waals surface area contributed by atoms with Crippen molar-refractivity contribution in [3.05, 3.63) is 36.5 Å². The van der Waals surface area contributed by atoms with Gasteiger partial charge in [0.25, 0.3) is 0 Å². The van der Waals surface area contributed by atoms with E-state index in [2.05, 4.69) is 19.9 Å². The molecule has 1 fully saturated rings. The van der Waals surface area contributed by atoms with Crippen molar-refractivity contribution in [2.24, 2.45) is 0 Å². The third-order valence-corrected chi connectivity index (χ3v) is 5.99. The van der Waals surface area contributed by atoms with Crippen LogP contribution in [-0.2, 0) is 10.0 Å². The minimum absolute atomic E-state index is 0.0761. The summed E-state index contributed by atoms with van der Waals surface area (Å²) in [5.41, 5.74) is 2.39. The average molecular weight is 372 g/mol. The molecule has 0 unspecified atom stereocenters. The highest BCUT2D eigenvalue weighted by atomic mass is 32.2. The van der Waals surface area contributed by atoms with E-state index in [0.29, 0.717) is 18.7 Å². The zero-order valence-corrected chi connectivity index (χ0v) is 15.4. The lowest BCUT2D eigenvalue weighted by Gasteiger charge is -2.10. The highest BCUT2D eigenvalue weighted by Gasteiger charge is 2.36.